The van der Waals surface area contributed by atoms with E-state index in [1.165, 1.54) is 29.1 Å². The lowest BCUT2D eigenvalue weighted by molar-refractivity contribution is -0.286. The van der Waals surface area contributed by atoms with Crippen LogP contribution in [-0.4, -0.2) is 37.3 Å². The highest BCUT2D eigenvalue weighted by Crippen LogP contribution is 2.42. The molecular formula is C16H11F2N5O4. The molecule has 0 fully saturated rings. The van der Waals surface area contributed by atoms with Crippen LogP contribution in [0.1, 0.15) is 16.1 Å². The average Bonchev–Trinajstić information content (AvgIpc) is 3.19. The number of benzene rings is 1. The van der Waals surface area contributed by atoms with Crippen LogP contribution < -0.4 is 14.8 Å². The molecule has 1 aromatic carbocycles. The highest BCUT2D eigenvalue weighted by molar-refractivity contribution is 5.84. The van der Waals surface area contributed by atoms with E-state index in [0.717, 1.165) is 5.56 Å². The van der Waals surface area contributed by atoms with E-state index in [2.05, 4.69) is 30.1 Å². The van der Waals surface area contributed by atoms with Crippen molar-refractivity contribution in [1.82, 2.24) is 20.0 Å². The first-order valence-corrected chi connectivity index (χ1v) is 7.60. The Morgan fingerprint density at radius 1 is 1.26 bits per heavy atom. The normalized spacial score (nSPS) is 14.2. The summed E-state index contributed by atoms with van der Waals surface area (Å²) in [6, 6.07) is 5.86. The molecule has 11 heteroatoms. The number of carboxylic acid groups (broad SMARTS) is 1. The van der Waals surface area contributed by atoms with E-state index < -0.39 is 12.3 Å². The molecule has 2 aromatic heterocycles. The molecule has 3 aromatic rings. The van der Waals surface area contributed by atoms with Gasteiger partial charge in [-0.25, -0.2) is 14.5 Å². The first-order valence-electron chi connectivity index (χ1n) is 7.60. The van der Waals surface area contributed by atoms with Crippen LogP contribution in [0.3, 0.4) is 0 Å². The summed E-state index contributed by atoms with van der Waals surface area (Å²) in [5, 5.41) is 19.3. The van der Waals surface area contributed by atoms with Gasteiger partial charge in [0.25, 0.3) is 0 Å². The third kappa shape index (κ3) is 3.21. The van der Waals surface area contributed by atoms with Crippen molar-refractivity contribution < 1.29 is 28.2 Å². The van der Waals surface area contributed by atoms with Gasteiger partial charge in [-0.05, 0) is 24.6 Å². The number of alkyl halides is 2. The van der Waals surface area contributed by atoms with Gasteiger partial charge < -0.3 is 19.9 Å². The Labute approximate surface area is 150 Å². The van der Waals surface area contributed by atoms with E-state index in [1.807, 2.05) is 0 Å². The summed E-state index contributed by atoms with van der Waals surface area (Å²) in [6.45, 7) is 1.77. The molecule has 138 valence electrons. The first-order chi connectivity index (χ1) is 12.8. The number of fused-ring (bicyclic) bond motifs is 1. The number of hydrogen-bond acceptors (Lipinski definition) is 7. The van der Waals surface area contributed by atoms with Crippen molar-refractivity contribution in [2.45, 2.75) is 13.2 Å². The van der Waals surface area contributed by atoms with Crippen LogP contribution in [0.4, 0.5) is 20.3 Å². The minimum absolute atomic E-state index is 0.0630. The number of nitrogens with one attached hydrogen (secondary N) is 1. The zero-order valence-corrected chi connectivity index (χ0v) is 13.7. The molecule has 1 aliphatic heterocycles. The Morgan fingerprint density at radius 3 is 2.78 bits per heavy atom. The number of halogens is 2. The van der Waals surface area contributed by atoms with Crippen LogP contribution in [0.25, 0.3) is 5.69 Å². The number of hydrogen-bond donors (Lipinski definition) is 2. The summed E-state index contributed by atoms with van der Waals surface area (Å²) in [6.07, 6.45) is -0.858. The van der Waals surface area contributed by atoms with Gasteiger partial charge in [-0.1, -0.05) is 5.21 Å². The SMILES string of the molecule is Cc1cnc(Nc2ccc3c(c2)OC(F)(F)O3)cc1-n1cc(C(=O)O)nn1. The lowest BCUT2D eigenvalue weighted by atomic mass is 10.2. The molecule has 9 nitrogen and oxygen atoms in total. The monoisotopic (exact) mass is 375 g/mol. The number of aryl methyl sites for hydroxylation is 1. The number of nitrogens with zero attached hydrogens (tertiary/aromatic N) is 4. The van der Waals surface area contributed by atoms with Gasteiger partial charge in [-0.3, -0.25) is 0 Å². The van der Waals surface area contributed by atoms with Gasteiger partial charge in [0, 0.05) is 24.0 Å². The van der Waals surface area contributed by atoms with E-state index in [4.69, 9.17) is 5.11 Å². The van der Waals surface area contributed by atoms with E-state index >= 15 is 0 Å². The summed E-state index contributed by atoms with van der Waals surface area (Å²) in [5.41, 5.74) is 1.53. The van der Waals surface area contributed by atoms with Crippen molar-refractivity contribution in [3.8, 4) is 17.2 Å². The second-order valence-corrected chi connectivity index (χ2v) is 5.66. The predicted octanol–water partition coefficient (Wildman–Crippen LogP) is 2.73. The van der Waals surface area contributed by atoms with Crippen molar-refractivity contribution in [3.63, 3.8) is 0 Å². The Balaban J connectivity index is 1.61. The summed E-state index contributed by atoms with van der Waals surface area (Å²) in [7, 11) is 0. The number of carboxylic acids is 1. The Bertz CT molecular complexity index is 1050. The van der Waals surface area contributed by atoms with Crippen molar-refractivity contribution in [2.24, 2.45) is 0 Å². The van der Waals surface area contributed by atoms with Crippen LogP contribution in [0.15, 0.2) is 36.7 Å². The second-order valence-electron chi connectivity index (χ2n) is 5.66. The maximum absolute atomic E-state index is 13.1. The van der Waals surface area contributed by atoms with Gasteiger partial charge in [0.1, 0.15) is 5.82 Å². The largest absolute Gasteiger partial charge is 0.586 e. The lowest BCUT2D eigenvalue weighted by Crippen LogP contribution is -2.25. The number of aromatic carboxylic acids is 1. The molecule has 0 spiro atoms. The highest BCUT2D eigenvalue weighted by Gasteiger charge is 2.43. The maximum Gasteiger partial charge on any atom is 0.586 e. The lowest BCUT2D eigenvalue weighted by Gasteiger charge is -2.10. The molecule has 3 heterocycles. The number of pyridine rings is 1. The topological polar surface area (TPSA) is 111 Å². The fraction of sp³-hybridized carbons (Fsp3) is 0.125. The van der Waals surface area contributed by atoms with Crippen LogP contribution in [-0.2, 0) is 0 Å². The predicted molar refractivity (Wildman–Crippen MR) is 86.8 cm³/mol. The summed E-state index contributed by atoms with van der Waals surface area (Å²) >= 11 is 0. The number of ether oxygens (including phenoxy) is 2. The second kappa shape index (κ2) is 5.90. The highest BCUT2D eigenvalue weighted by atomic mass is 19.3. The number of rotatable bonds is 4. The van der Waals surface area contributed by atoms with E-state index in [9.17, 15) is 13.6 Å². The van der Waals surface area contributed by atoms with Gasteiger partial charge in [0.2, 0.25) is 0 Å². The van der Waals surface area contributed by atoms with Crippen LogP contribution in [0.2, 0.25) is 0 Å². The first kappa shape index (κ1) is 16.7. The zero-order valence-electron chi connectivity index (χ0n) is 13.7. The fourth-order valence-electron chi connectivity index (χ4n) is 2.48. The maximum atomic E-state index is 13.1. The summed E-state index contributed by atoms with van der Waals surface area (Å²) in [4.78, 5) is 15.2. The van der Waals surface area contributed by atoms with Crippen LogP contribution in [0.5, 0.6) is 11.5 Å². The molecule has 0 amide bonds. The molecule has 0 aliphatic carbocycles. The smallest absolute Gasteiger partial charge is 0.476 e. The molecule has 4 rings (SSSR count). The standard InChI is InChI=1S/C16H11F2N5O4/c1-8-6-19-14(5-11(8)23-7-10(15(24)25)21-22-23)20-9-2-3-12-13(4-9)27-16(17,18)26-12/h2-7H,1H3,(H,19,20)(H,24,25). The third-order valence-corrected chi connectivity index (χ3v) is 3.71. The van der Waals surface area contributed by atoms with Crippen molar-refractivity contribution in [1.29, 1.82) is 0 Å². The minimum atomic E-state index is -3.69. The van der Waals surface area contributed by atoms with E-state index in [0.29, 0.717) is 17.2 Å². The van der Waals surface area contributed by atoms with Crippen LogP contribution in [0, 0.1) is 6.92 Å². The molecule has 0 saturated heterocycles. The van der Waals surface area contributed by atoms with Gasteiger partial charge in [-0.2, -0.15) is 0 Å². The molecule has 0 atom stereocenters. The molecule has 27 heavy (non-hydrogen) atoms. The van der Waals surface area contributed by atoms with Gasteiger partial charge in [0.05, 0.1) is 11.9 Å². The zero-order chi connectivity index (χ0) is 19.2. The van der Waals surface area contributed by atoms with Crippen molar-refractivity contribution in [3.05, 3.63) is 47.9 Å². The summed E-state index contributed by atoms with van der Waals surface area (Å²) < 4.78 is 36.3. The average molecular weight is 375 g/mol. The fourth-order valence-corrected chi connectivity index (χ4v) is 2.48. The van der Waals surface area contributed by atoms with Crippen molar-refractivity contribution >= 4 is 17.5 Å². The van der Waals surface area contributed by atoms with Gasteiger partial charge in [0.15, 0.2) is 17.2 Å². The molecule has 0 unspecified atom stereocenters. The molecule has 0 saturated carbocycles. The molecule has 0 bridgehead atoms. The van der Waals surface area contributed by atoms with E-state index in [-0.39, 0.29) is 17.2 Å². The number of aromatic nitrogens is 4. The van der Waals surface area contributed by atoms with E-state index in [1.54, 1.807) is 19.2 Å². The number of carbonyl (C=O) groups is 1. The third-order valence-electron chi connectivity index (χ3n) is 3.71. The molecule has 2 N–H and O–H groups in total. The minimum Gasteiger partial charge on any atom is -0.476 e. The quantitative estimate of drug-likeness (QED) is 0.716. The Morgan fingerprint density at radius 2 is 2.04 bits per heavy atom. The number of anilines is 2. The summed E-state index contributed by atoms with van der Waals surface area (Å²) in [5.74, 6) is -0.969. The Hall–Kier alpha value is -3.76. The Kier molecular flexibility index (Phi) is 3.65. The van der Waals surface area contributed by atoms with Gasteiger partial charge >= 0.3 is 12.3 Å². The van der Waals surface area contributed by atoms with Crippen molar-refractivity contribution in [2.75, 3.05) is 5.32 Å². The van der Waals surface area contributed by atoms with Gasteiger partial charge in [-0.15, -0.1) is 13.9 Å². The van der Waals surface area contributed by atoms with Crippen LogP contribution >= 0.6 is 0 Å². The molecular weight excluding hydrogens is 364 g/mol. The molecule has 0 radical (unpaired) electrons. The molecule has 1 aliphatic rings.